The van der Waals surface area contributed by atoms with E-state index in [0.717, 1.165) is 21.8 Å². The smallest absolute Gasteiger partial charge is 0.338 e. The van der Waals surface area contributed by atoms with Gasteiger partial charge in [0.05, 0.1) is 39.8 Å². The second-order valence-electron chi connectivity index (χ2n) is 9.21. The number of esters is 1. The summed E-state index contributed by atoms with van der Waals surface area (Å²) in [5.41, 5.74) is 4.23. The first-order valence-electron chi connectivity index (χ1n) is 12.5. The highest BCUT2D eigenvalue weighted by Gasteiger charge is 2.33. The molecule has 0 N–H and O–H groups in total. The molecule has 0 fully saturated rings. The maximum atomic E-state index is 13.8. The first kappa shape index (κ1) is 25.3. The fourth-order valence-electron chi connectivity index (χ4n) is 4.95. The average molecular weight is 558 g/mol. The topological polar surface area (TPSA) is 63.9 Å². The quantitative estimate of drug-likeness (QED) is 0.324. The van der Waals surface area contributed by atoms with Gasteiger partial charge in [0.2, 0.25) is 0 Å². The first-order chi connectivity index (χ1) is 18.9. The van der Waals surface area contributed by atoms with Crippen LogP contribution in [0.4, 0.5) is 15.8 Å². The number of ether oxygens (including phenoxy) is 1. The molecule has 0 radical (unpaired) electrons. The average Bonchev–Trinajstić information content (AvgIpc) is 3.22. The molecule has 0 aliphatic carbocycles. The van der Waals surface area contributed by atoms with Crippen molar-refractivity contribution < 1.29 is 13.9 Å². The molecule has 1 aromatic heterocycles. The molecule has 0 bridgehead atoms. The number of carbonyl (C=O) groups is 1. The van der Waals surface area contributed by atoms with E-state index in [9.17, 15) is 14.0 Å². The lowest BCUT2D eigenvalue weighted by molar-refractivity contribution is -0.139. The Balaban J connectivity index is 1.47. The fraction of sp³-hybridized carbons (Fsp3) is 0.167. The molecule has 3 aromatic carbocycles. The number of halogens is 1. The van der Waals surface area contributed by atoms with Crippen LogP contribution in [0.1, 0.15) is 31.0 Å². The Labute approximate surface area is 232 Å². The third-order valence-electron chi connectivity index (χ3n) is 6.79. The summed E-state index contributed by atoms with van der Waals surface area (Å²) in [5.74, 6) is -0.943. The lowest BCUT2D eigenvalue weighted by atomic mass is 9.96. The predicted molar refractivity (Wildman–Crippen MR) is 152 cm³/mol. The van der Waals surface area contributed by atoms with Gasteiger partial charge in [0.1, 0.15) is 5.82 Å². The highest BCUT2D eigenvalue weighted by Crippen LogP contribution is 2.47. The van der Waals surface area contributed by atoms with E-state index >= 15 is 0 Å². The minimum Gasteiger partial charge on any atom is -0.463 e. The number of fused-ring (bicyclic) bond motifs is 3. The van der Waals surface area contributed by atoms with Crippen LogP contribution < -0.4 is 19.8 Å². The predicted octanol–water partition coefficient (Wildman–Crippen LogP) is 5.17. The number of nitrogens with zero attached hydrogens (tertiary/aromatic N) is 3. The number of aromatic nitrogens is 1. The maximum Gasteiger partial charge on any atom is 0.338 e. The second kappa shape index (κ2) is 9.98. The molecule has 39 heavy (non-hydrogen) atoms. The zero-order chi connectivity index (χ0) is 27.3. The van der Waals surface area contributed by atoms with Crippen molar-refractivity contribution >= 4 is 46.5 Å². The van der Waals surface area contributed by atoms with Gasteiger partial charge in [-0.15, -0.1) is 0 Å². The van der Waals surface area contributed by atoms with E-state index in [-0.39, 0.29) is 17.7 Å². The van der Waals surface area contributed by atoms with Gasteiger partial charge in [0.15, 0.2) is 4.80 Å². The number of allylic oxidation sites excluding steroid dienone is 1. The van der Waals surface area contributed by atoms with Crippen LogP contribution in [-0.2, 0) is 9.53 Å². The summed E-state index contributed by atoms with van der Waals surface area (Å²) < 4.78 is 21.1. The van der Waals surface area contributed by atoms with E-state index in [0.29, 0.717) is 20.6 Å². The molecule has 1 atom stereocenters. The summed E-state index contributed by atoms with van der Waals surface area (Å²) in [6, 6.07) is 19.4. The van der Waals surface area contributed by atoms with Crippen molar-refractivity contribution in [3.8, 4) is 0 Å². The van der Waals surface area contributed by atoms with E-state index in [2.05, 4.69) is 34.2 Å². The molecular formula is C30H24FN3O3S2. The molecule has 3 heterocycles. The van der Waals surface area contributed by atoms with Crippen molar-refractivity contribution in [3.05, 3.63) is 115 Å². The minimum atomic E-state index is -0.771. The lowest BCUT2D eigenvalue weighted by Crippen LogP contribution is -2.39. The molecule has 2 aliphatic heterocycles. The van der Waals surface area contributed by atoms with Crippen molar-refractivity contribution in [3.63, 3.8) is 0 Å². The third kappa shape index (κ3) is 4.41. The van der Waals surface area contributed by atoms with Crippen LogP contribution in [-0.4, -0.2) is 24.2 Å². The molecule has 0 unspecified atom stereocenters. The molecule has 6 rings (SSSR count). The minimum absolute atomic E-state index is 0.187. The summed E-state index contributed by atoms with van der Waals surface area (Å²) in [6.45, 7) is 3.64. The van der Waals surface area contributed by atoms with Crippen LogP contribution in [0.25, 0.3) is 6.08 Å². The van der Waals surface area contributed by atoms with E-state index < -0.39 is 17.8 Å². The Kier molecular flexibility index (Phi) is 6.48. The molecule has 0 spiro atoms. The van der Waals surface area contributed by atoms with Crippen LogP contribution in [0.3, 0.4) is 0 Å². The van der Waals surface area contributed by atoms with Crippen molar-refractivity contribution in [2.75, 3.05) is 18.6 Å². The highest BCUT2D eigenvalue weighted by atomic mass is 32.2. The Morgan fingerprint density at radius 3 is 2.59 bits per heavy atom. The molecule has 6 nitrogen and oxygen atoms in total. The molecule has 0 saturated carbocycles. The standard InChI is InChI=1S/C30H24FN3O3S2/c1-4-37-29(36)26-17(2)32-30-34(27(26)19-10-12-20(31)13-11-19)28(35)25(39-30)16-18-9-14-22-24(15-18)38-23-8-6-5-7-21(23)33(22)3/h5-16,27H,4H2,1-3H3/b25-16+/t27-/m0/s1. The number of hydrogen-bond acceptors (Lipinski definition) is 7. The van der Waals surface area contributed by atoms with Gasteiger partial charge in [-0.1, -0.05) is 53.4 Å². The molecule has 4 aromatic rings. The van der Waals surface area contributed by atoms with Crippen LogP contribution >= 0.6 is 23.1 Å². The first-order valence-corrected chi connectivity index (χ1v) is 14.1. The molecule has 9 heteroatoms. The zero-order valence-corrected chi connectivity index (χ0v) is 23.1. The Bertz CT molecular complexity index is 1840. The number of thiazole rings is 1. The molecular weight excluding hydrogens is 533 g/mol. The monoisotopic (exact) mass is 557 g/mol. The normalized spacial score (nSPS) is 16.4. The maximum absolute atomic E-state index is 13.8. The van der Waals surface area contributed by atoms with Gasteiger partial charge in [-0.05, 0) is 67.4 Å². The summed E-state index contributed by atoms with van der Waals surface area (Å²) in [6.07, 6.45) is 1.86. The molecule has 0 saturated heterocycles. The van der Waals surface area contributed by atoms with Crippen LogP contribution in [0.2, 0.25) is 0 Å². The van der Waals surface area contributed by atoms with Crippen molar-refractivity contribution in [2.45, 2.75) is 29.7 Å². The number of rotatable bonds is 4. The molecule has 0 amide bonds. The molecule has 2 aliphatic rings. The van der Waals surface area contributed by atoms with Crippen LogP contribution in [0, 0.1) is 5.82 Å². The van der Waals surface area contributed by atoms with Gasteiger partial charge >= 0.3 is 5.97 Å². The largest absolute Gasteiger partial charge is 0.463 e. The molecule has 196 valence electrons. The number of carbonyl (C=O) groups excluding carboxylic acids is 1. The lowest BCUT2D eigenvalue weighted by Gasteiger charge is -2.29. The SMILES string of the molecule is CCOC(=O)C1=C(C)N=c2s/c(=C/c3ccc4c(c3)Sc3ccccc3N4C)c(=O)n2[C@H]1c1ccc(F)cc1. The summed E-state index contributed by atoms with van der Waals surface area (Å²) in [4.78, 5) is 36.3. The van der Waals surface area contributed by atoms with Crippen LogP contribution in [0.15, 0.2) is 97.6 Å². The van der Waals surface area contributed by atoms with E-state index in [1.807, 2.05) is 31.3 Å². The summed E-state index contributed by atoms with van der Waals surface area (Å²) >= 11 is 2.97. The number of para-hydroxylation sites is 1. The van der Waals surface area contributed by atoms with Gasteiger partial charge < -0.3 is 9.64 Å². The Hall–Kier alpha value is -3.95. The fourth-order valence-corrected chi connectivity index (χ4v) is 7.20. The van der Waals surface area contributed by atoms with Gasteiger partial charge in [-0.2, -0.15) is 0 Å². The summed E-state index contributed by atoms with van der Waals surface area (Å²) in [7, 11) is 2.05. The Morgan fingerprint density at radius 2 is 1.82 bits per heavy atom. The number of anilines is 2. The summed E-state index contributed by atoms with van der Waals surface area (Å²) in [5, 5.41) is 0. The van der Waals surface area contributed by atoms with Crippen molar-refractivity contribution in [2.24, 2.45) is 4.99 Å². The van der Waals surface area contributed by atoms with Gasteiger partial charge in [0, 0.05) is 16.8 Å². The number of benzene rings is 3. The zero-order valence-electron chi connectivity index (χ0n) is 21.5. The van der Waals surface area contributed by atoms with Gasteiger partial charge in [0.25, 0.3) is 5.56 Å². The van der Waals surface area contributed by atoms with Gasteiger partial charge in [-0.25, -0.2) is 14.2 Å². The number of hydrogen-bond donors (Lipinski definition) is 0. The Morgan fingerprint density at radius 1 is 1.08 bits per heavy atom. The van der Waals surface area contributed by atoms with Crippen molar-refractivity contribution in [1.29, 1.82) is 0 Å². The van der Waals surface area contributed by atoms with E-state index in [4.69, 9.17) is 4.74 Å². The van der Waals surface area contributed by atoms with Crippen LogP contribution in [0.5, 0.6) is 0 Å². The third-order valence-corrected chi connectivity index (χ3v) is 8.89. The van der Waals surface area contributed by atoms with E-state index in [1.54, 1.807) is 37.7 Å². The second-order valence-corrected chi connectivity index (χ2v) is 11.3. The highest BCUT2D eigenvalue weighted by molar-refractivity contribution is 7.99. The van der Waals surface area contributed by atoms with Crippen molar-refractivity contribution in [1.82, 2.24) is 4.57 Å². The van der Waals surface area contributed by atoms with Gasteiger partial charge in [-0.3, -0.25) is 9.36 Å². The van der Waals surface area contributed by atoms with E-state index in [1.165, 1.54) is 32.9 Å².